The minimum Gasteiger partial charge on any atom is -0.508 e. The van der Waals surface area contributed by atoms with Gasteiger partial charge in [-0.05, 0) is 86.1 Å². The normalized spacial score (nSPS) is 39.9. The molecule has 2 saturated carbocycles. The Morgan fingerprint density at radius 3 is 2.91 bits per heavy atom. The molecule has 4 aliphatic rings. The third kappa shape index (κ3) is 1.96. The summed E-state index contributed by atoms with van der Waals surface area (Å²) in [5.41, 5.74) is 3.36. The first kappa shape index (κ1) is 13.4. The van der Waals surface area contributed by atoms with Crippen LogP contribution >= 0.6 is 0 Å². The maximum Gasteiger partial charge on any atom is 0.115 e. The van der Waals surface area contributed by atoms with Crippen LogP contribution in [0.15, 0.2) is 18.2 Å². The SMILES string of the molecule is Oc1ccc2c(c1)[C@]13CCN[C@H](C2)[C@@H]1CC(CC1CC1)CC3. The number of nitrogens with one attached hydrogen (secondary N) is 1. The number of piperidine rings is 1. The molecule has 5 rings (SSSR count). The van der Waals surface area contributed by atoms with E-state index in [9.17, 15) is 5.11 Å². The molecule has 0 spiro atoms. The zero-order chi connectivity index (χ0) is 14.7. The van der Waals surface area contributed by atoms with Gasteiger partial charge in [-0.15, -0.1) is 0 Å². The van der Waals surface area contributed by atoms with Crippen LogP contribution in [0, 0.1) is 17.8 Å². The molecule has 1 heterocycles. The molecule has 2 N–H and O–H groups in total. The van der Waals surface area contributed by atoms with Crippen molar-refractivity contribution in [1.29, 1.82) is 0 Å². The molecule has 0 amide bonds. The van der Waals surface area contributed by atoms with Crippen LogP contribution in [0.3, 0.4) is 0 Å². The topological polar surface area (TPSA) is 32.3 Å². The van der Waals surface area contributed by atoms with E-state index in [1.54, 1.807) is 0 Å². The lowest BCUT2D eigenvalue weighted by atomic mass is 9.51. The van der Waals surface area contributed by atoms with Crippen molar-refractivity contribution < 1.29 is 5.11 Å². The molecule has 1 unspecified atom stereocenters. The second-order valence-electron chi connectivity index (χ2n) is 8.44. The molecule has 2 nitrogen and oxygen atoms in total. The lowest BCUT2D eigenvalue weighted by Gasteiger charge is -2.57. The van der Waals surface area contributed by atoms with Gasteiger partial charge < -0.3 is 10.4 Å². The van der Waals surface area contributed by atoms with Crippen LogP contribution in [0.25, 0.3) is 0 Å². The highest BCUT2D eigenvalue weighted by Gasteiger charge is 2.53. The fourth-order valence-electron chi connectivity index (χ4n) is 6.00. The van der Waals surface area contributed by atoms with Gasteiger partial charge in [0.1, 0.15) is 5.75 Å². The number of benzene rings is 1. The monoisotopic (exact) mass is 297 g/mol. The summed E-state index contributed by atoms with van der Waals surface area (Å²) in [7, 11) is 0. The van der Waals surface area contributed by atoms with Gasteiger partial charge in [0.25, 0.3) is 0 Å². The Kier molecular flexibility index (Phi) is 2.89. The first-order valence-corrected chi connectivity index (χ1v) is 9.30. The molecule has 1 saturated heterocycles. The van der Waals surface area contributed by atoms with Crippen LogP contribution in [0.2, 0.25) is 0 Å². The number of hydrogen-bond acceptors (Lipinski definition) is 2. The van der Waals surface area contributed by atoms with Crippen LogP contribution in [0.4, 0.5) is 0 Å². The minimum absolute atomic E-state index is 0.363. The lowest BCUT2D eigenvalue weighted by Crippen LogP contribution is -2.60. The lowest BCUT2D eigenvalue weighted by molar-refractivity contribution is 0.0484. The van der Waals surface area contributed by atoms with E-state index >= 15 is 0 Å². The van der Waals surface area contributed by atoms with E-state index in [4.69, 9.17) is 0 Å². The number of hydrogen-bond donors (Lipinski definition) is 2. The Morgan fingerprint density at radius 1 is 1.14 bits per heavy atom. The van der Waals surface area contributed by atoms with Crippen molar-refractivity contribution in [3.8, 4) is 5.75 Å². The van der Waals surface area contributed by atoms with Gasteiger partial charge in [0, 0.05) is 11.5 Å². The van der Waals surface area contributed by atoms with Crippen molar-refractivity contribution in [2.45, 2.75) is 62.8 Å². The maximum atomic E-state index is 10.0. The van der Waals surface area contributed by atoms with Crippen LogP contribution in [0.1, 0.15) is 56.1 Å². The second kappa shape index (κ2) is 4.74. The summed E-state index contributed by atoms with van der Waals surface area (Å²) in [6.45, 7) is 1.16. The molecule has 0 aromatic heterocycles. The molecule has 0 radical (unpaired) electrons. The number of phenols is 1. The third-order valence-corrected chi connectivity index (χ3v) is 7.19. The number of rotatable bonds is 2. The van der Waals surface area contributed by atoms with Gasteiger partial charge >= 0.3 is 0 Å². The minimum atomic E-state index is 0.363. The molecule has 2 bridgehead atoms. The van der Waals surface area contributed by atoms with E-state index in [1.807, 2.05) is 6.07 Å². The number of phenolic OH excluding ortho intramolecular Hbond substituents is 1. The van der Waals surface area contributed by atoms with Crippen molar-refractivity contribution in [3.63, 3.8) is 0 Å². The third-order valence-electron chi connectivity index (χ3n) is 7.19. The van der Waals surface area contributed by atoms with E-state index in [0.29, 0.717) is 17.2 Å². The van der Waals surface area contributed by atoms with Crippen molar-refractivity contribution in [1.82, 2.24) is 5.32 Å². The summed E-state index contributed by atoms with van der Waals surface area (Å²) in [5, 5.41) is 13.9. The van der Waals surface area contributed by atoms with Crippen LogP contribution in [-0.4, -0.2) is 17.7 Å². The highest BCUT2D eigenvalue weighted by molar-refractivity contribution is 5.45. The van der Waals surface area contributed by atoms with E-state index in [2.05, 4.69) is 17.4 Å². The van der Waals surface area contributed by atoms with Gasteiger partial charge in [0.15, 0.2) is 0 Å². The summed E-state index contributed by atoms with van der Waals surface area (Å²) in [6.07, 6.45) is 11.1. The smallest absolute Gasteiger partial charge is 0.115 e. The summed E-state index contributed by atoms with van der Waals surface area (Å²) in [6, 6.07) is 6.83. The Bertz CT molecular complexity index is 593. The van der Waals surface area contributed by atoms with E-state index < -0.39 is 0 Å². The fourth-order valence-corrected chi connectivity index (χ4v) is 6.00. The first-order chi connectivity index (χ1) is 10.7. The van der Waals surface area contributed by atoms with Gasteiger partial charge in [-0.2, -0.15) is 0 Å². The van der Waals surface area contributed by atoms with E-state index in [0.717, 1.165) is 30.7 Å². The maximum absolute atomic E-state index is 10.0. The molecule has 3 fully saturated rings. The largest absolute Gasteiger partial charge is 0.508 e. The zero-order valence-electron chi connectivity index (χ0n) is 13.4. The van der Waals surface area contributed by atoms with Gasteiger partial charge in [-0.25, -0.2) is 0 Å². The standard InChI is InChI=1S/C20H27NO/c22-16-4-3-15-11-19-18-10-14(9-13-1-2-13)5-6-20(18,7-8-21-19)17(15)12-16/h3-4,12-14,18-19,21-22H,1-2,5-11H2/t14?,18-,19+,20-/m0/s1. The highest BCUT2D eigenvalue weighted by atomic mass is 16.3. The summed E-state index contributed by atoms with van der Waals surface area (Å²) in [4.78, 5) is 0. The molecule has 22 heavy (non-hydrogen) atoms. The number of aromatic hydroxyl groups is 1. The average molecular weight is 297 g/mol. The van der Waals surface area contributed by atoms with Crippen molar-refractivity contribution in [2.24, 2.45) is 17.8 Å². The second-order valence-corrected chi connectivity index (χ2v) is 8.44. The summed E-state index contributed by atoms with van der Waals surface area (Å²) >= 11 is 0. The van der Waals surface area contributed by atoms with Crippen LogP contribution < -0.4 is 5.32 Å². The summed E-state index contributed by atoms with van der Waals surface area (Å²) in [5.74, 6) is 3.29. The Balaban J connectivity index is 1.52. The van der Waals surface area contributed by atoms with Crippen LogP contribution in [-0.2, 0) is 11.8 Å². The molecule has 118 valence electrons. The quantitative estimate of drug-likeness (QED) is 0.871. The Labute approximate surface area is 133 Å². The Hall–Kier alpha value is -1.02. The van der Waals surface area contributed by atoms with Gasteiger partial charge in [-0.3, -0.25) is 0 Å². The van der Waals surface area contributed by atoms with E-state index in [1.165, 1.54) is 56.1 Å². The number of fused-ring (bicyclic) bond motifs is 1. The molecule has 4 atom stereocenters. The van der Waals surface area contributed by atoms with Gasteiger partial charge in [-0.1, -0.05) is 18.9 Å². The van der Waals surface area contributed by atoms with Gasteiger partial charge in [0.2, 0.25) is 0 Å². The summed E-state index contributed by atoms with van der Waals surface area (Å²) < 4.78 is 0. The first-order valence-electron chi connectivity index (χ1n) is 9.30. The van der Waals surface area contributed by atoms with Crippen molar-refractivity contribution in [3.05, 3.63) is 29.3 Å². The molecule has 1 aromatic carbocycles. The van der Waals surface area contributed by atoms with Crippen LogP contribution in [0.5, 0.6) is 5.75 Å². The van der Waals surface area contributed by atoms with Crippen molar-refractivity contribution >= 4 is 0 Å². The molecule has 1 aliphatic heterocycles. The fraction of sp³-hybridized carbons (Fsp3) is 0.700. The molecular formula is C20H27NO. The average Bonchev–Trinajstić information content (AvgIpc) is 3.32. The molecule has 3 aliphatic carbocycles. The van der Waals surface area contributed by atoms with Gasteiger partial charge in [0.05, 0.1) is 0 Å². The Morgan fingerprint density at radius 2 is 2.05 bits per heavy atom. The molecule has 1 aromatic rings. The predicted molar refractivity (Wildman–Crippen MR) is 88.1 cm³/mol. The molecular weight excluding hydrogens is 270 g/mol. The zero-order valence-corrected chi connectivity index (χ0v) is 13.4. The predicted octanol–water partition coefficient (Wildman–Crippen LogP) is 3.76. The van der Waals surface area contributed by atoms with Crippen molar-refractivity contribution in [2.75, 3.05) is 6.54 Å². The van der Waals surface area contributed by atoms with E-state index in [-0.39, 0.29) is 0 Å². The molecule has 2 heteroatoms. The highest BCUT2D eigenvalue weighted by Crippen LogP contribution is 2.56.